The van der Waals surface area contributed by atoms with Gasteiger partial charge in [-0.15, -0.1) is 0 Å². The third kappa shape index (κ3) is 1.81. The van der Waals surface area contributed by atoms with Crippen molar-refractivity contribution < 1.29 is 15.3 Å². The first-order chi connectivity index (χ1) is 6.45. The van der Waals surface area contributed by atoms with Gasteiger partial charge in [-0.2, -0.15) is 0 Å². The number of rotatable bonds is 2. The molecule has 0 saturated heterocycles. The SMILES string of the molecule is Cc1c(O)ccc(C(O)C(C)N)c1O. The van der Waals surface area contributed by atoms with Crippen LogP contribution < -0.4 is 5.73 Å². The Balaban J connectivity index is 3.17. The van der Waals surface area contributed by atoms with Crippen LogP contribution in [0, 0.1) is 6.92 Å². The first-order valence-electron chi connectivity index (χ1n) is 4.40. The van der Waals surface area contributed by atoms with Gasteiger partial charge < -0.3 is 21.1 Å². The Kier molecular flexibility index (Phi) is 2.98. The second kappa shape index (κ2) is 3.86. The summed E-state index contributed by atoms with van der Waals surface area (Å²) >= 11 is 0. The highest BCUT2D eigenvalue weighted by atomic mass is 16.3. The van der Waals surface area contributed by atoms with Crippen molar-refractivity contribution in [3.8, 4) is 11.5 Å². The Bertz CT molecular complexity index is 336. The van der Waals surface area contributed by atoms with Crippen LogP contribution in [0.4, 0.5) is 0 Å². The molecule has 0 fully saturated rings. The van der Waals surface area contributed by atoms with Crippen LogP contribution in [0.15, 0.2) is 12.1 Å². The van der Waals surface area contributed by atoms with Crippen molar-refractivity contribution >= 4 is 0 Å². The van der Waals surface area contributed by atoms with E-state index in [9.17, 15) is 15.3 Å². The number of benzene rings is 1. The number of aliphatic hydroxyl groups is 1. The van der Waals surface area contributed by atoms with Crippen molar-refractivity contribution in [3.05, 3.63) is 23.3 Å². The molecule has 78 valence electrons. The molecule has 1 aromatic rings. The normalized spacial score (nSPS) is 15.1. The highest BCUT2D eigenvalue weighted by Gasteiger charge is 2.18. The molecule has 0 aromatic heterocycles. The van der Waals surface area contributed by atoms with E-state index in [0.29, 0.717) is 11.1 Å². The van der Waals surface area contributed by atoms with Gasteiger partial charge in [0.05, 0.1) is 6.10 Å². The number of nitrogens with two attached hydrogens (primary N) is 1. The van der Waals surface area contributed by atoms with Crippen LogP contribution >= 0.6 is 0 Å². The lowest BCUT2D eigenvalue weighted by Crippen LogP contribution is -2.24. The summed E-state index contributed by atoms with van der Waals surface area (Å²) in [6.45, 7) is 3.22. The Labute approximate surface area is 82.6 Å². The highest BCUT2D eigenvalue weighted by molar-refractivity contribution is 5.48. The Hall–Kier alpha value is -1.26. The molecule has 1 rings (SSSR count). The van der Waals surface area contributed by atoms with Crippen LogP contribution in [-0.2, 0) is 0 Å². The minimum Gasteiger partial charge on any atom is -0.508 e. The molecule has 0 amide bonds. The lowest BCUT2D eigenvalue weighted by Gasteiger charge is -2.17. The summed E-state index contributed by atoms with van der Waals surface area (Å²) in [4.78, 5) is 0. The Morgan fingerprint density at radius 3 is 2.36 bits per heavy atom. The fourth-order valence-corrected chi connectivity index (χ4v) is 1.23. The molecule has 0 radical (unpaired) electrons. The summed E-state index contributed by atoms with van der Waals surface area (Å²) in [5.74, 6) is -0.0991. The van der Waals surface area contributed by atoms with Crippen LogP contribution in [0.1, 0.15) is 24.2 Å². The summed E-state index contributed by atoms with van der Waals surface area (Å²) in [6, 6.07) is 2.42. The van der Waals surface area contributed by atoms with Crippen LogP contribution in [0.25, 0.3) is 0 Å². The summed E-state index contributed by atoms with van der Waals surface area (Å²) < 4.78 is 0. The third-order valence-corrected chi connectivity index (χ3v) is 2.25. The lowest BCUT2D eigenvalue weighted by molar-refractivity contribution is 0.149. The highest BCUT2D eigenvalue weighted by Crippen LogP contribution is 2.33. The third-order valence-electron chi connectivity index (χ3n) is 2.25. The first kappa shape index (κ1) is 10.8. The topological polar surface area (TPSA) is 86.7 Å². The van der Waals surface area contributed by atoms with E-state index in [1.807, 2.05) is 0 Å². The van der Waals surface area contributed by atoms with Crippen molar-refractivity contribution in [2.45, 2.75) is 26.0 Å². The number of aliphatic hydroxyl groups excluding tert-OH is 1. The van der Waals surface area contributed by atoms with E-state index in [4.69, 9.17) is 5.73 Å². The van der Waals surface area contributed by atoms with Gasteiger partial charge in [-0.25, -0.2) is 0 Å². The Morgan fingerprint density at radius 2 is 1.86 bits per heavy atom. The van der Waals surface area contributed by atoms with E-state index in [2.05, 4.69) is 0 Å². The van der Waals surface area contributed by atoms with Crippen LogP contribution in [-0.4, -0.2) is 21.4 Å². The number of phenols is 2. The predicted octanol–water partition coefficient (Wildman–Crippen LogP) is 0.787. The maximum absolute atomic E-state index is 9.63. The summed E-state index contributed by atoms with van der Waals surface area (Å²) in [7, 11) is 0. The maximum Gasteiger partial charge on any atom is 0.128 e. The average molecular weight is 197 g/mol. The van der Waals surface area contributed by atoms with E-state index < -0.39 is 12.1 Å². The van der Waals surface area contributed by atoms with Crippen molar-refractivity contribution in [2.75, 3.05) is 0 Å². The van der Waals surface area contributed by atoms with E-state index in [1.54, 1.807) is 13.8 Å². The fourth-order valence-electron chi connectivity index (χ4n) is 1.23. The minimum atomic E-state index is -0.922. The molecule has 4 heteroatoms. The standard InChI is InChI=1S/C10H15NO3/c1-5-8(12)4-3-7(9(5)13)10(14)6(2)11/h3-4,6,10,12-14H,11H2,1-2H3. The average Bonchev–Trinajstić information content (AvgIpc) is 2.13. The smallest absolute Gasteiger partial charge is 0.128 e. The summed E-state index contributed by atoms with van der Waals surface area (Å²) in [5.41, 5.74) is 6.19. The van der Waals surface area contributed by atoms with Crippen LogP contribution in [0.2, 0.25) is 0 Å². The summed E-state index contributed by atoms with van der Waals surface area (Å²) in [6.07, 6.45) is -0.922. The zero-order chi connectivity index (χ0) is 10.9. The monoisotopic (exact) mass is 197 g/mol. The molecule has 0 saturated carbocycles. The number of hydrogen-bond acceptors (Lipinski definition) is 4. The molecule has 0 aliphatic heterocycles. The molecule has 5 N–H and O–H groups in total. The van der Waals surface area contributed by atoms with Gasteiger partial charge in [0.1, 0.15) is 11.5 Å². The van der Waals surface area contributed by atoms with Crippen molar-refractivity contribution in [3.63, 3.8) is 0 Å². The number of aromatic hydroxyl groups is 2. The van der Waals surface area contributed by atoms with Gasteiger partial charge in [0.15, 0.2) is 0 Å². The molecule has 4 nitrogen and oxygen atoms in total. The molecule has 2 unspecified atom stereocenters. The van der Waals surface area contributed by atoms with Crippen LogP contribution in [0.5, 0.6) is 11.5 Å². The molecule has 1 aromatic carbocycles. The molecule has 14 heavy (non-hydrogen) atoms. The summed E-state index contributed by atoms with van der Waals surface area (Å²) in [5, 5.41) is 28.5. The molecular weight excluding hydrogens is 182 g/mol. The van der Waals surface area contributed by atoms with Gasteiger partial charge in [-0.3, -0.25) is 0 Å². The predicted molar refractivity (Wildman–Crippen MR) is 53.1 cm³/mol. The molecule has 0 spiro atoms. The molecular formula is C10H15NO3. The molecule has 0 aliphatic rings. The number of hydrogen-bond donors (Lipinski definition) is 4. The van der Waals surface area contributed by atoms with Gasteiger partial charge in [-0.05, 0) is 26.0 Å². The maximum atomic E-state index is 9.63. The van der Waals surface area contributed by atoms with Gasteiger partial charge in [0.2, 0.25) is 0 Å². The molecule has 0 bridgehead atoms. The number of phenolic OH excluding ortho intramolecular Hbond substituents is 2. The van der Waals surface area contributed by atoms with E-state index >= 15 is 0 Å². The quantitative estimate of drug-likeness (QED) is 0.564. The second-order valence-corrected chi connectivity index (χ2v) is 3.45. The fraction of sp³-hybridized carbons (Fsp3) is 0.400. The van der Waals surface area contributed by atoms with Gasteiger partial charge in [0, 0.05) is 17.2 Å². The van der Waals surface area contributed by atoms with E-state index in [0.717, 1.165) is 0 Å². The molecule has 2 atom stereocenters. The van der Waals surface area contributed by atoms with E-state index in [-0.39, 0.29) is 11.5 Å². The second-order valence-electron chi connectivity index (χ2n) is 3.45. The first-order valence-corrected chi connectivity index (χ1v) is 4.40. The lowest BCUT2D eigenvalue weighted by atomic mass is 10.00. The van der Waals surface area contributed by atoms with Gasteiger partial charge >= 0.3 is 0 Å². The van der Waals surface area contributed by atoms with Crippen molar-refractivity contribution in [1.29, 1.82) is 0 Å². The van der Waals surface area contributed by atoms with Crippen LogP contribution in [0.3, 0.4) is 0 Å². The van der Waals surface area contributed by atoms with Crippen molar-refractivity contribution in [2.24, 2.45) is 5.73 Å². The zero-order valence-electron chi connectivity index (χ0n) is 8.23. The minimum absolute atomic E-state index is 0.00289. The molecule has 0 aliphatic carbocycles. The van der Waals surface area contributed by atoms with Gasteiger partial charge in [0.25, 0.3) is 0 Å². The van der Waals surface area contributed by atoms with Crippen molar-refractivity contribution in [1.82, 2.24) is 0 Å². The zero-order valence-corrected chi connectivity index (χ0v) is 8.23. The van der Waals surface area contributed by atoms with Gasteiger partial charge in [-0.1, -0.05) is 0 Å². The van der Waals surface area contributed by atoms with E-state index in [1.165, 1.54) is 12.1 Å². The Morgan fingerprint density at radius 1 is 1.29 bits per heavy atom. The molecule has 0 heterocycles. The largest absolute Gasteiger partial charge is 0.508 e.